The third-order valence-electron chi connectivity index (χ3n) is 2.66. The zero-order valence-electron chi connectivity index (χ0n) is 9.68. The van der Waals surface area contributed by atoms with E-state index in [1.807, 2.05) is 36.4 Å². The van der Waals surface area contributed by atoms with Crippen molar-refractivity contribution >= 4 is 16.7 Å². The van der Waals surface area contributed by atoms with Gasteiger partial charge in [-0.1, -0.05) is 30.3 Å². The van der Waals surface area contributed by atoms with Crippen molar-refractivity contribution in [1.29, 1.82) is 0 Å². The molecule has 2 aromatic carbocycles. The zero-order valence-corrected chi connectivity index (χ0v) is 9.68. The van der Waals surface area contributed by atoms with Crippen molar-refractivity contribution < 1.29 is 9.90 Å². The SMILES string of the molecule is C[C@H](CO)NC(=O)c1ccc2ccccc2c1. The lowest BCUT2D eigenvalue weighted by atomic mass is 10.1. The van der Waals surface area contributed by atoms with Crippen LogP contribution < -0.4 is 5.32 Å². The molecule has 0 heterocycles. The van der Waals surface area contributed by atoms with Gasteiger partial charge in [0, 0.05) is 11.6 Å². The van der Waals surface area contributed by atoms with Crippen LogP contribution in [0.2, 0.25) is 0 Å². The molecule has 2 aromatic rings. The van der Waals surface area contributed by atoms with E-state index in [2.05, 4.69) is 5.32 Å². The summed E-state index contributed by atoms with van der Waals surface area (Å²) in [4.78, 5) is 11.8. The molecule has 0 bridgehead atoms. The Kier molecular flexibility index (Phi) is 3.40. The minimum atomic E-state index is -0.228. The molecule has 0 saturated heterocycles. The average molecular weight is 229 g/mol. The number of aliphatic hydroxyl groups is 1. The maximum Gasteiger partial charge on any atom is 0.251 e. The van der Waals surface area contributed by atoms with Gasteiger partial charge in [0.05, 0.1) is 6.61 Å². The first-order valence-corrected chi connectivity index (χ1v) is 5.61. The predicted octanol–water partition coefficient (Wildman–Crippen LogP) is 1.95. The second-order valence-electron chi connectivity index (χ2n) is 4.12. The Morgan fingerprint density at radius 2 is 1.94 bits per heavy atom. The summed E-state index contributed by atoms with van der Waals surface area (Å²) in [5.74, 6) is -0.155. The van der Waals surface area contributed by atoms with Gasteiger partial charge in [-0.05, 0) is 29.8 Å². The molecule has 0 aliphatic heterocycles. The Balaban J connectivity index is 2.27. The van der Waals surface area contributed by atoms with Gasteiger partial charge in [0.2, 0.25) is 0 Å². The fraction of sp³-hybridized carbons (Fsp3) is 0.214. The third kappa shape index (κ3) is 2.63. The van der Waals surface area contributed by atoms with Crippen LogP contribution in [0.5, 0.6) is 0 Å². The van der Waals surface area contributed by atoms with Gasteiger partial charge in [0.15, 0.2) is 0 Å². The van der Waals surface area contributed by atoms with Crippen LogP contribution in [-0.4, -0.2) is 23.7 Å². The van der Waals surface area contributed by atoms with Gasteiger partial charge in [-0.25, -0.2) is 0 Å². The summed E-state index contributed by atoms with van der Waals surface area (Å²) in [6.07, 6.45) is 0. The molecule has 3 heteroatoms. The summed E-state index contributed by atoms with van der Waals surface area (Å²) in [7, 11) is 0. The number of amides is 1. The van der Waals surface area contributed by atoms with Gasteiger partial charge >= 0.3 is 0 Å². The monoisotopic (exact) mass is 229 g/mol. The van der Waals surface area contributed by atoms with Crippen LogP contribution in [-0.2, 0) is 0 Å². The highest BCUT2D eigenvalue weighted by Crippen LogP contribution is 2.15. The standard InChI is InChI=1S/C14H15NO2/c1-10(9-16)15-14(17)13-7-6-11-4-2-3-5-12(11)8-13/h2-8,10,16H,9H2,1H3,(H,15,17)/t10-/m1/s1. The molecule has 3 nitrogen and oxygen atoms in total. The second kappa shape index (κ2) is 4.97. The normalized spacial score (nSPS) is 12.4. The molecular weight excluding hydrogens is 214 g/mol. The zero-order chi connectivity index (χ0) is 12.3. The highest BCUT2D eigenvalue weighted by molar-refractivity contribution is 5.98. The lowest BCUT2D eigenvalue weighted by molar-refractivity contribution is 0.0922. The number of nitrogens with one attached hydrogen (secondary N) is 1. The van der Waals surface area contributed by atoms with E-state index in [-0.39, 0.29) is 18.6 Å². The lowest BCUT2D eigenvalue weighted by Gasteiger charge is -2.11. The molecule has 0 aromatic heterocycles. The van der Waals surface area contributed by atoms with E-state index in [0.29, 0.717) is 5.56 Å². The smallest absolute Gasteiger partial charge is 0.251 e. The van der Waals surface area contributed by atoms with Crippen molar-refractivity contribution in [2.45, 2.75) is 13.0 Å². The lowest BCUT2D eigenvalue weighted by Crippen LogP contribution is -2.34. The van der Waals surface area contributed by atoms with Crippen LogP contribution in [0.4, 0.5) is 0 Å². The van der Waals surface area contributed by atoms with Crippen LogP contribution in [0.1, 0.15) is 17.3 Å². The number of aliphatic hydroxyl groups excluding tert-OH is 1. The van der Waals surface area contributed by atoms with Crippen molar-refractivity contribution in [3.8, 4) is 0 Å². The van der Waals surface area contributed by atoms with Crippen LogP contribution in [0.3, 0.4) is 0 Å². The molecule has 2 rings (SSSR count). The molecule has 2 N–H and O–H groups in total. The van der Waals surface area contributed by atoms with E-state index in [0.717, 1.165) is 10.8 Å². The molecule has 0 fully saturated rings. The summed E-state index contributed by atoms with van der Waals surface area (Å²) in [6, 6.07) is 13.2. The van der Waals surface area contributed by atoms with E-state index in [9.17, 15) is 4.79 Å². The van der Waals surface area contributed by atoms with Crippen LogP contribution >= 0.6 is 0 Å². The topological polar surface area (TPSA) is 49.3 Å². The van der Waals surface area contributed by atoms with Crippen molar-refractivity contribution in [2.75, 3.05) is 6.61 Å². The summed E-state index contributed by atoms with van der Waals surface area (Å²) in [6.45, 7) is 1.71. The molecule has 0 aliphatic rings. The van der Waals surface area contributed by atoms with Gasteiger partial charge in [-0.15, -0.1) is 0 Å². The van der Waals surface area contributed by atoms with E-state index in [1.165, 1.54) is 0 Å². The highest BCUT2D eigenvalue weighted by Gasteiger charge is 2.08. The molecular formula is C14H15NO2. The molecule has 0 spiro atoms. The fourth-order valence-electron chi connectivity index (χ4n) is 1.68. The van der Waals surface area contributed by atoms with E-state index < -0.39 is 0 Å². The number of carbonyl (C=O) groups excluding carboxylic acids is 1. The van der Waals surface area contributed by atoms with Gasteiger partial charge in [0.1, 0.15) is 0 Å². The van der Waals surface area contributed by atoms with Gasteiger partial charge < -0.3 is 10.4 Å². The Morgan fingerprint density at radius 1 is 1.24 bits per heavy atom. The fourth-order valence-corrected chi connectivity index (χ4v) is 1.68. The van der Waals surface area contributed by atoms with Crippen molar-refractivity contribution in [3.63, 3.8) is 0 Å². The molecule has 17 heavy (non-hydrogen) atoms. The maximum absolute atomic E-state index is 11.8. The average Bonchev–Trinajstić information content (AvgIpc) is 2.38. The quantitative estimate of drug-likeness (QED) is 0.845. The van der Waals surface area contributed by atoms with Crippen molar-refractivity contribution in [1.82, 2.24) is 5.32 Å². The Labute approximate surface area is 100 Å². The number of fused-ring (bicyclic) bond motifs is 1. The van der Waals surface area contributed by atoms with E-state index in [4.69, 9.17) is 5.11 Å². The Bertz CT molecular complexity index is 536. The van der Waals surface area contributed by atoms with Gasteiger partial charge in [-0.2, -0.15) is 0 Å². The minimum Gasteiger partial charge on any atom is -0.394 e. The second-order valence-corrected chi connectivity index (χ2v) is 4.12. The van der Waals surface area contributed by atoms with E-state index in [1.54, 1.807) is 13.0 Å². The Morgan fingerprint density at radius 3 is 2.65 bits per heavy atom. The summed E-state index contributed by atoms with van der Waals surface area (Å²) in [5, 5.41) is 13.8. The first kappa shape index (κ1) is 11.6. The van der Waals surface area contributed by atoms with Crippen LogP contribution in [0.15, 0.2) is 42.5 Å². The summed E-state index contributed by atoms with van der Waals surface area (Å²) >= 11 is 0. The molecule has 1 amide bonds. The highest BCUT2D eigenvalue weighted by atomic mass is 16.3. The molecule has 0 aliphatic carbocycles. The third-order valence-corrected chi connectivity index (χ3v) is 2.66. The molecule has 0 saturated carbocycles. The molecule has 0 unspecified atom stereocenters. The van der Waals surface area contributed by atoms with Crippen molar-refractivity contribution in [2.24, 2.45) is 0 Å². The summed E-state index contributed by atoms with van der Waals surface area (Å²) in [5.41, 5.74) is 0.615. The van der Waals surface area contributed by atoms with Gasteiger partial charge in [-0.3, -0.25) is 4.79 Å². The maximum atomic E-state index is 11.8. The number of carbonyl (C=O) groups is 1. The first-order valence-electron chi connectivity index (χ1n) is 5.61. The molecule has 88 valence electrons. The number of hydrogen-bond donors (Lipinski definition) is 2. The van der Waals surface area contributed by atoms with Crippen LogP contribution in [0, 0.1) is 0 Å². The molecule has 1 atom stereocenters. The molecule has 0 radical (unpaired) electrons. The van der Waals surface area contributed by atoms with Crippen molar-refractivity contribution in [3.05, 3.63) is 48.0 Å². The minimum absolute atomic E-state index is 0.0562. The van der Waals surface area contributed by atoms with Gasteiger partial charge in [0.25, 0.3) is 5.91 Å². The van der Waals surface area contributed by atoms with E-state index >= 15 is 0 Å². The predicted molar refractivity (Wildman–Crippen MR) is 68.0 cm³/mol. The Hall–Kier alpha value is -1.87. The first-order chi connectivity index (χ1) is 8.20. The number of rotatable bonds is 3. The largest absolute Gasteiger partial charge is 0.394 e. The number of benzene rings is 2. The number of hydrogen-bond acceptors (Lipinski definition) is 2. The summed E-state index contributed by atoms with van der Waals surface area (Å²) < 4.78 is 0. The van der Waals surface area contributed by atoms with Crippen LogP contribution in [0.25, 0.3) is 10.8 Å².